The molecular formula is C29H32N6O3. The summed E-state index contributed by atoms with van der Waals surface area (Å²) >= 11 is 0. The molecule has 196 valence electrons. The molecule has 3 N–H and O–H groups in total. The maximum Gasteiger partial charge on any atom is 0.254 e. The minimum atomic E-state index is -0.643. The predicted molar refractivity (Wildman–Crippen MR) is 144 cm³/mol. The predicted octanol–water partition coefficient (Wildman–Crippen LogP) is 3.92. The normalized spacial score (nSPS) is 16.9. The fourth-order valence-electron chi connectivity index (χ4n) is 5.03. The number of rotatable bonds is 9. The molecule has 0 unspecified atom stereocenters. The Kier molecular flexibility index (Phi) is 7.16. The van der Waals surface area contributed by atoms with Crippen LogP contribution in [0.25, 0.3) is 16.0 Å². The number of benzene rings is 2. The number of carbonyl (C=O) groups is 2. The van der Waals surface area contributed by atoms with Gasteiger partial charge in [-0.25, -0.2) is 6.57 Å². The van der Waals surface area contributed by atoms with Crippen molar-refractivity contribution in [2.45, 2.75) is 37.8 Å². The van der Waals surface area contributed by atoms with E-state index in [2.05, 4.69) is 56.6 Å². The van der Waals surface area contributed by atoms with Gasteiger partial charge in [-0.05, 0) is 54.5 Å². The van der Waals surface area contributed by atoms with E-state index in [0.717, 1.165) is 49.4 Å². The molecule has 2 fully saturated rings. The smallest absolute Gasteiger partial charge is 0.254 e. The van der Waals surface area contributed by atoms with Crippen LogP contribution < -0.4 is 15.8 Å². The molecule has 1 aromatic heterocycles. The monoisotopic (exact) mass is 512 g/mol. The molecule has 3 aromatic rings. The summed E-state index contributed by atoms with van der Waals surface area (Å²) in [7, 11) is 1.66. The van der Waals surface area contributed by atoms with Crippen LogP contribution in [0.5, 0.6) is 5.75 Å². The molecule has 1 saturated heterocycles. The second-order valence-electron chi connectivity index (χ2n) is 10.2. The molecule has 2 amide bonds. The molecule has 2 aromatic carbocycles. The highest BCUT2D eigenvalue weighted by atomic mass is 16.5. The van der Waals surface area contributed by atoms with Gasteiger partial charge in [-0.2, -0.15) is 5.10 Å². The highest BCUT2D eigenvalue weighted by Crippen LogP contribution is 2.34. The van der Waals surface area contributed by atoms with Gasteiger partial charge in [0.1, 0.15) is 16.9 Å². The second kappa shape index (κ2) is 10.7. The standard InChI is InChI=1S/C29H32N6O3/c1-31-19-29(35-18-25(26(30)36)27(33-35)32-28(37)23-7-8-23)13-15-34(16-14-29)17-20-3-5-21(6-4-20)22-9-11-24(38-2)12-10-22/h3-6,9-12,18,23H,7-8,13-17,19H2,2H3,(H2,30,36)(H,32,33,37). The topological polar surface area (TPSA) is 107 Å². The number of nitrogens with two attached hydrogens (primary N) is 1. The van der Waals surface area contributed by atoms with Crippen molar-refractivity contribution in [1.29, 1.82) is 0 Å². The fraction of sp³-hybridized carbons (Fsp3) is 0.379. The Labute approximate surface area is 222 Å². The number of carbonyl (C=O) groups excluding carboxylic acids is 2. The van der Waals surface area contributed by atoms with E-state index < -0.39 is 11.4 Å². The molecule has 2 heterocycles. The van der Waals surface area contributed by atoms with Crippen molar-refractivity contribution in [3.8, 4) is 16.9 Å². The van der Waals surface area contributed by atoms with Crippen LogP contribution in [0.3, 0.4) is 0 Å². The van der Waals surface area contributed by atoms with Crippen molar-refractivity contribution in [3.05, 3.63) is 77.3 Å². The first-order chi connectivity index (χ1) is 18.4. The minimum absolute atomic E-state index is 0.0217. The van der Waals surface area contributed by atoms with Gasteiger partial charge in [0.05, 0.1) is 7.11 Å². The lowest BCUT2D eigenvalue weighted by Gasteiger charge is -2.38. The van der Waals surface area contributed by atoms with E-state index in [1.165, 1.54) is 5.56 Å². The van der Waals surface area contributed by atoms with Crippen molar-refractivity contribution >= 4 is 17.6 Å². The van der Waals surface area contributed by atoms with Gasteiger partial charge >= 0.3 is 0 Å². The van der Waals surface area contributed by atoms with E-state index in [-0.39, 0.29) is 29.8 Å². The van der Waals surface area contributed by atoms with E-state index >= 15 is 0 Å². The van der Waals surface area contributed by atoms with Crippen LogP contribution in [-0.4, -0.2) is 53.2 Å². The number of methoxy groups -OCH3 is 1. The van der Waals surface area contributed by atoms with E-state index in [4.69, 9.17) is 17.0 Å². The van der Waals surface area contributed by atoms with Crippen LogP contribution in [0.2, 0.25) is 0 Å². The Morgan fingerprint density at radius 3 is 2.29 bits per heavy atom. The summed E-state index contributed by atoms with van der Waals surface area (Å²) in [6.45, 7) is 10.2. The van der Waals surface area contributed by atoms with E-state index in [0.29, 0.717) is 12.8 Å². The minimum Gasteiger partial charge on any atom is -0.497 e. The molecule has 0 radical (unpaired) electrons. The number of hydrogen-bond donors (Lipinski definition) is 2. The van der Waals surface area contributed by atoms with Crippen molar-refractivity contribution in [1.82, 2.24) is 14.7 Å². The largest absolute Gasteiger partial charge is 0.497 e. The van der Waals surface area contributed by atoms with Crippen LogP contribution in [0.4, 0.5) is 5.82 Å². The molecule has 2 aliphatic rings. The highest BCUT2D eigenvalue weighted by Gasteiger charge is 2.41. The SMILES string of the molecule is [C-]#[N+]CC1(n2cc(C(N)=O)c(NC(=O)C3CC3)n2)CCN(Cc2ccc(-c3ccc(OC)cc3)cc2)CC1. The van der Waals surface area contributed by atoms with Crippen molar-refractivity contribution in [2.24, 2.45) is 11.7 Å². The zero-order valence-corrected chi connectivity index (χ0v) is 21.5. The Hall–Kier alpha value is -4.16. The Bertz CT molecular complexity index is 1340. The number of piperidine rings is 1. The molecule has 0 spiro atoms. The van der Waals surface area contributed by atoms with Crippen LogP contribution in [0, 0.1) is 12.5 Å². The number of nitrogens with zero attached hydrogens (tertiary/aromatic N) is 4. The van der Waals surface area contributed by atoms with Crippen molar-refractivity contribution in [3.63, 3.8) is 0 Å². The number of ether oxygens (including phenoxy) is 1. The summed E-state index contributed by atoms with van der Waals surface area (Å²) in [5.41, 5.74) is 8.74. The fourth-order valence-corrected chi connectivity index (χ4v) is 5.03. The first-order valence-corrected chi connectivity index (χ1v) is 12.9. The molecular weight excluding hydrogens is 480 g/mol. The van der Waals surface area contributed by atoms with Crippen molar-refractivity contribution in [2.75, 3.05) is 32.1 Å². The summed E-state index contributed by atoms with van der Waals surface area (Å²) in [4.78, 5) is 30.5. The average molecular weight is 513 g/mol. The number of likely N-dealkylation sites (tertiary alicyclic amines) is 1. The third-order valence-electron chi connectivity index (χ3n) is 7.60. The van der Waals surface area contributed by atoms with Gasteiger partial charge in [-0.15, -0.1) is 0 Å². The van der Waals surface area contributed by atoms with Gasteiger partial charge in [-0.3, -0.25) is 19.2 Å². The van der Waals surface area contributed by atoms with E-state index in [1.54, 1.807) is 18.0 Å². The third-order valence-corrected chi connectivity index (χ3v) is 7.60. The molecule has 9 heteroatoms. The Balaban J connectivity index is 1.26. The van der Waals surface area contributed by atoms with Gasteiger partial charge < -0.3 is 20.6 Å². The Morgan fingerprint density at radius 1 is 1.11 bits per heavy atom. The van der Waals surface area contributed by atoms with Gasteiger partial charge in [0.2, 0.25) is 12.5 Å². The van der Waals surface area contributed by atoms with Crippen LogP contribution in [0.15, 0.2) is 54.7 Å². The lowest BCUT2D eigenvalue weighted by Crippen LogP contribution is -2.47. The molecule has 1 saturated carbocycles. The summed E-state index contributed by atoms with van der Waals surface area (Å²) in [6, 6.07) is 16.6. The highest BCUT2D eigenvalue weighted by molar-refractivity contribution is 6.02. The quantitative estimate of drug-likeness (QED) is 0.423. The average Bonchev–Trinajstić information content (AvgIpc) is 3.70. The van der Waals surface area contributed by atoms with E-state index in [1.807, 2.05) is 12.1 Å². The lowest BCUT2D eigenvalue weighted by molar-refractivity contribution is -0.117. The zero-order valence-electron chi connectivity index (χ0n) is 21.5. The molecule has 38 heavy (non-hydrogen) atoms. The second-order valence-corrected chi connectivity index (χ2v) is 10.2. The van der Waals surface area contributed by atoms with E-state index in [9.17, 15) is 9.59 Å². The maximum atomic E-state index is 12.3. The number of aromatic nitrogens is 2. The molecule has 0 atom stereocenters. The summed E-state index contributed by atoms with van der Waals surface area (Å²) in [5.74, 6) is 0.232. The van der Waals surface area contributed by atoms with Gasteiger partial charge in [0.25, 0.3) is 5.91 Å². The Morgan fingerprint density at radius 2 is 1.74 bits per heavy atom. The number of primary amides is 1. The van der Waals surface area contributed by atoms with Gasteiger partial charge in [0.15, 0.2) is 5.82 Å². The number of anilines is 1. The summed E-state index contributed by atoms with van der Waals surface area (Å²) in [5, 5.41) is 7.34. The summed E-state index contributed by atoms with van der Waals surface area (Å²) < 4.78 is 6.95. The molecule has 9 nitrogen and oxygen atoms in total. The molecule has 1 aliphatic carbocycles. The third kappa shape index (κ3) is 5.41. The number of hydrogen-bond acceptors (Lipinski definition) is 5. The lowest BCUT2D eigenvalue weighted by atomic mass is 9.87. The van der Waals surface area contributed by atoms with Crippen molar-refractivity contribution < 1.29 is 14.3 Å². The number of amides is 2. The molecule has 1 aliphatic heterocycles. The first kappa shape index (κ1) is 25.5. The summed E-state index contributed by atoms with van der Waals surface area (Å²) in [6.07, 6.45) is 4.70. The van der Waals surface area contributed by atoms with Gasteiger partial charge in [-0.1, -0.05) is 36.4 Å². The van der Waals surface area contributed by atoms with Crippen LogP contribution in [0.1, 0.15) is 41.6 Å². The molecule has 0 bridgehead atoms. The number of nitrogens with one attached hydrogen (secondary N) is 1. The van der Waals surface area contributed by atoms with Crippen LogP contribution in [-0.2, 0) is 16.9 Å². The zero-order chi connectivity index (χ0) is 26.7. The maximum absolute atomic E-state index is 12.3. The first-order valence-electron chi connectivity index (χ1n) is 12.9. The van der Waals surface area contributed by atoms with Crippen LogP contribution >= 0.6 is 0 Å². The van der Waals surface area contributed by atoms with Gasteiger partial charge in [0, 0.05) is 31.7 Å². The molecule has 5 rings (SSSR count).